The molecule has 2 heterocycles. The number of ether oxygens (including phenoxy) is 1. The Hall–Kier alpha value is -1.69. The number of esters is 1. The monoisotopic (exact) mass is 309 g/mol. The number of carbonyl (C=O) groups is 1. The molecule has 2 aromatic heterocycles. The van der Waals surface area contributed by atoms with Gasteiger partial charge in [0, 0.05) is 12.7 Å². The van der Waals surface area contributed by atoms with Crippen LogP contribution in [0.4, 0.5) is 0 Å². The molecule has 0 spiro atoms. The van der Waals surface area contributed by atoms with Crippen LogP contribution in [0.5, 0.6) is 0 Å². The molecule has 0 aliphatic heterocycles. The van der Waals surface area contributed by atoms with E-state index < -0.39 is 0 Å². The Labute approximate surface area is 113 Å². The van der Waals surface area contributed by atoms with Crippen molar-refractivity contribution in [3.05, 3.63) is 34.2 Å². The van der Waals surface area contributed by atoms with Crippen LogP contribution in [-0.2, 0) is 11.8 Å². The van der Waals surface area contributed by atoms with Gasteiger partial charge in [0.1, 0.15) is 4.60 Å². The van der Waals surface area contributed by atoms with Crippen molar-refractivity contribution in [1.82, 2.24) is 14.8 Å². The molecule has 6 heteroatoms. The number of rotatable bonds is 2. The first-order valence-corrected chi connectivity index (χ1v) is 6.07. The normalized spacial score (nSPS) is 10.4. The van der Waals surface area contributed by atoms with E-state index in [1.807, 2.05) is 14.0 Å². The molecule has 94 valence electrons. The summed E-state index contributed by atoms with van der Waals surface area (Å²) < 4.78 is 7.23. The van der Waals surface area contributed by atoms with Gasteiger partial charge in [0.2, 0.25) is 0 Å². The fraction of sp³-hybridized carbons (Fsp3) is 0.250. The molecule has 0 bridgehead atoms. The van der Waals surface area contributed by atoms with Gasteiger partial charge in [-0.3, -0.25) is 9.67 Å². The number of hydrogen-bond donors (Lipinski definition) is 0. The van der Waals surface area contributed by atoms with Crippen molar-refractivity contribution in [1.29, 1.82) is 0 Å². The van der Waals surface area contributed by atoms with Crippen molar-refractivity contribution in [2.24, 2.45) is 7.05 Å². The van der Waals surface area contributed by atoms with Crippen LogP contribution in [-0.4, -0.2) is 27.8 Å². The fourth-order valence-electron chi connectivity index (χ4n) is 1.64. The van der Waals surface area contributed by atoms with E-state index >= 15 is 0 Å². The van der Waals surface area contributed by atoms with Crippen molar-refractivity contribution in [3.8, 4) is 11.3 Å². The zero-order valence-electron chi connectivity index (χ0n) is 10.3. The van der Waals surface area contributed by atoms with Gasteiger partial charge >= 0.3 is 5.97 Å². The third kappa shape index (κ3) is 2.28. The molecule has 2 aromatic rings. The van der Waals surface area contributed by atoms with Gasteiger partial charge in [0.05, 0.1) is 30.1 Å². The number of halogens is 1. The third-order valence-corrected chi connectivity index (χ3v) is 3.46. The SMILES string of the molecule is COC(=O)c1cc(C)nc(-c2cnn(C)c2Br)c1. The third-order valence-electron chi connectivity index (χ3n) is 2.52. The Morgan fingerprint density at radius 3 is 2.72 bits per heavy atom. The van der Waals surface area contributed by atoms with Gasteiger partial charge in [-0.2, -0.15) is 5.10 Å². The van der Waals surface area contributed by atoms with E-state index in [1.54, 1.807) is 23.0 Å². The van der Waals surface area contributed by atoms with Gasteiger partial charge in [-0.25, -0.2) is 4.79 Å². The van der Waals surface area contributed by atoms with E-state index in [2.05, 4.69) is 26.0 Å². The lowest BCUT2D eigenvalue weighted by Gasteiger charge is -2.05. The van der Waals surface area contributed by atoms with E-state index in [0.717, 1.165) is 15.9 Å². The summed E-state index contributed by atoms with van der Waals surface area (Å²) in [5.74, 6) is -0.373. The maximum atomic E-state index is 11.6. The zero-order chi connectivity index (χ0) is 13.3. The van der Waals surface area contributed by atoms with Crippen LogP contribution in [0, 0.1) is 6.92 Å². The highest BCUT2D eigenvalue weighted by atomic mass is 79.9. The first-order valence-electron chi connectivity index (χ1n) is 5.28. The van der Waals surface area contributed by atoms with E-state index in [-0.39, 0.29) is 5.97 Å². The zero-order valence-corrected chi connectivity index (χ0v) is 11.9. The topological polar surface area (TPSA) is 57.0 Å². The summed E-state index contributed by atoms with van der Waals surface area (Å²) >= 11 is 3.43. The van der Waals surface area contributed by atoms with Gasteiger partial charge < -0.3 is 4.74 Å². The highest BCUT2D eigenvalue weighted by Gasteiger charge is 2.13. The molecule has 5 nitrogen and oxygen atoms in total. The number of aryl methyl sites for hydroxylation is 2. The van der Waals surface area contributed by atoms with Crippen LogP contribution in [0.3, 0.4) is 0 Å². The van der Waals surface area contributed by atoms with Crippen molar-refractivity contribution < 1.29 is 9.53 Å². The van der Waals surface area contributed by atoms with Crippen molar-refractivity contribution >= 4 is 21.9 Å². The first kappa shape index (κ1) is 12.8. The maximum absolute atomic E-state index is 11.6. The fourth-order valence-corrected chi connectivity index (χ4v) is 2.03. The second kappa shape index (κ2) is 4.89. The Morgan fingerprint density at radius 2 is 2.17 bits per heavy atom. The molecule has 0 aliphatic carbocycles. The Balaban J connectivity index is 2.55. The highest BCUT2D eigenvalue weighted by Crippen LogP contribution is 2.27. The highest BCUT2D eigenvalue weighted by molar-refractivity contribution is 9.10. The number of pyridine rings is 1. The largest absolute Gasteiger partial charge is 0.465 e. The second-order valence-electron chi connectivity index (χ2n) is 3.85. The number of carbonyl (C=O) groups excluding carboxylic acids is 1. The van der Waals surface area contributed by atoms with E-state index in [4.69, 9.17) is 4.74 Å². The van der Waals surface area contributed by atoms with Gasteiger partial charge in [-0.1, -0.05) is 0 Å². The average Bonchev–Trinajstić information content (AvgIpc) is 2.68. The van der Waals surface area contributed by atoms with Crippen LogP contribution in [0.25, 0.3) is 11.3 Å². The van der Waals surface area contributed by atoms with Gasteiger partial charge in [0.15, 0.2) is 0 Å². The average molecular weight is 310 g/mol. The van der Waals surface area contributed by atoms with Crippen molar-refractivity contribution in [2.45, 2.75) is 6.92 Å². The van der Waals surface area contributed by atoms with Gasteiger partial charge in [-0.05, 0) is 35.0 Å². The molecule has 0 unspecified atom stereocenters. The molecule has 0 saturated carbocycles. The lowest BCUT2D eigenvalue weighted by molar-refractivity contribution is 0.0600. The number of hydrogen-bond acceptors (Lipinski definition) is 4. The predicted octanol–water partition coefficient (Wildman–Crippen LogP) is 2.34. The smallest absolute Gasteiger partial charge is 0.337 e. The summed E-state index contributed by atoms with van der Waals surface area (Å²) in [7, 11) is 3.18. The van der Waals surface area contributed by atoms with Crippen molar-refractivity contribution in [2.75, 3.05) is 7.11 Å². The van der Waals surface area contributed by atoms with Crippen molar-refractivity contribution in [3.63, 3.8) is 0 Å². The summed E-state index contributed by atoms with van der Waals surface area (Å²) in [6.45, 7) is 1.83. The number of aromatic nitrogens is 3. The summed E-state index contributed by atoms with van der Waals surface area (Å²) in [6.07, 6.45) is 1.70. The molecule has 0 N–H and O–H groups in total. The molecular weight excluding hydrogens is 298 g/mol. The molecule has 0 aromatic carbocycles. The van der Waals surface area contributed by atoms with Gasteiger partial charge in [0.25, 0.3) is 0 Å². The Morgan fingerprint density at radius 1 is 1.44 bits per heavy atom. The lowest BCUT2D eigenvalue weighted by Crippen LogP contribution is -2.03. The minimum absolute atomic E-state index is 0.373. The lowest BCUT2D eigenvalue weighted by atomic mass is 10.1. The quantitative estimate of drug-likeness (QED) is 0.799. The molecule has 0 atom stereocenters. The minimum atomic E-state index is -0.373. The molecule has 0 amide bonds. The Bertz CT molecular complexity index is 607. The summed E-state index contributed by atoms with van der Waals surface area (Å²) in [4.78, 5) is 16.0. The number of methoxy groups -OCH3 is 1. The molecular formula is C12H12BrN3O2. The van der Waals surface area contributed by atoms with Crippen LogP contribution in [0.1, 0.15) is 16.1 Å². The first-order chi connectivity index (χ1) is 8.52. The second-order valence-corrected chi connectivity index (χ2v) is 4.60. The molecule has 18 heavy (non-hydrogen) atoms. The molecule has 0 radical (unpaired) electrons. The molecule has 0 saturated heterocycles. The molecule has 0 aliphatic rings. The maximum Gasteiger partial charge on any atom is 0.337 e. The van der Waals surface area contributed by atoms with Crippen LogP contribution < -0.4 is 0 Å². The van der Waals surface area contributed by atoms with E-state index in [0.29, 0.717) is 11.3 Å². The number of nitrogens with zero attached hydrogens (tertiary/aromatic N) is 3. The van der Waals surface area contributed by atoms with E-state index in [1.165, 1.54) is 7.11 Å². The van der Waals surface area contributed by atoms with Crippen LogP contribution in [0.15, 0.2) is 22.9 Å². The summed E-state index contributed by atoms with van der Waals surface area (Å²) in [6, 6.07) is 3.39. The standard InChI is InChI=1S/C12H12BrN3O2/c1-7-4-8(12(17)18-3)5-10(15-7)9-6-14-16(2)11(9)13/h4-6H,1-3H3. The molecule has 0 fully saturated rings. The summed E-state index contributed by atoms with van der Waals surface area (Å²) in [5, 5.41) is 4.13. The summed E-state index contributed by atoms with van der Waals surface area (Å²) in [5.41, 5.74) is 2.76. The van der Waals surface area contributed by atoms with Crippen LogP contribution in [0.2, 0.25) is 0 Å². The molecule has 2 rings (SSSR count). The minimum Gasteiger partial charge on any atom is -0.465 e. The predicted molar refractivity (Wildman–Crippen MR) is 70.2 cm³/mol. The van der Waals surface area contributed by atoms with E-state index in [9.17, 15) is 4.79 Å². The van der Waals surface area contributed by atoms with Gasteiger partial charge in [-0.15, -0.1) is 0 Å². The van der Waals surface area contributed by atoms with Crippen LogP contribution >= 0.6 is 15.9 Å². The Kier molecular flexibility index (Phi) is 3.47.